The Balaban J connectivity index is 1.32. The Bertz CT molecular complexity index is 914. The molecule has 4 rings (SSSR count). The Hall–Kier alpha value is -3.42. The highest BCUT2D eigenvalue weighted by Crippen LogP contribution is 2.20. The minimum Gasteiger partial charge on any atom is -0.496 e. The molecule has 0 saturated carbocycles. The standard InChI is InChI=1S/C21H25N7O/c1-29-18-6-3-2-5-17(18)7-10-22-19-15-20(26-16-25-19)27-11-13-28(14-12-27)21-23-8-4-9-24-21/h2-6,8-9,15-16H,7,10-14H2,1H3,(H,22,25,26). The van der Waals surface area contributed by atoms with Crippen LogP contribution in [0.3, 0.4) is 0 Å². The summed E-state index contributed by atoms with van der Waals surface area (Å²) >= 11 is 0. The van der Waals surface area contributed by atoms with Crippen LogP contribution >= 0.6 is 0 Å². The molecule has 1 saturated heterocycles. The third-order valence-electron chi connectivity index (χ3n) is 4.98. The second kappa shape index (κ2) is 9.18. The van der Waals surface area contributed by atoms with Gasteiger partial charge in [-0.15, -0.1) is 0 Å². The van der Waals surface area contributed by atoms with Crippen molar-refractivity contribution in [2.75, 3.05) is 55.0 Å². The van der Waals surface area contributed by atoms with Gasteiger partial charge in [-0.05, 0) is 24.1 Å². The van der Waals surface area contributed by atoms with Gasteiger partial charge in [-0.25, -0.2) is 19.9 Å². The van der Waals surface area contributed by atoms with Gasteiger partial charge in [-0.2, -0.15) is 0 Å². The van der Waals surface area contributed by atoms with Crippen LogP contribution in [0.15, 0.2) is 55.1 Å². The lowest BCUT2D eigenvalue weighted by atomic mass is 10.1. The highest BCUT2D eigenvalue weighted by atomic mass is 16.5. The molecular weight excluding hydrogens is 366 g/mol. The first-order valence-electron chi connectivity index (χ1n) is 9.78. The summed E-state index contributed by atoms with van der Waals surface area (Å²) in [7, 11) is 1.70. The van der Waals surface area contributed by atoms with Gasteiger partial charge < -0.3 is 19.9 Å². The smallest absolute Gasteiger partial charge is 0.225 e. The molecule has 3 heterocycles. The van der Waals surface area contributed by atoms with Crippen LogP contribution in [-0.2, 0) is 6.42 Å². The molecule has 2 aromatic heterocycles. The molecule has 0 radical (unpaired) electrons. The number of anilines is 3. The lowest BCUT2D eigenvalue weighted by molar-refractivity contribution is 0.410. The summed E-state index contributed by atoms with van der Waals surface area (Å²) in [5, 5.41) is 3.39. The maximum atomic E-state index is 5.41. The summed E-state index contributed by atoms with van der Waals surface area (Å²) in [6.07, 6.45) is 6.04. The minimum absolute atomic E-state index is 0.774. The second-order valence-corrected chi connectivity index (χ2v) is 6.77. The van der Waals surface area contributed by atoms with Crippen LogP contribution in [0.5, 0.6) is 5.75 Å². The van der Waals surface area contributed by atoms with Crippen LogP contribution in [0.1, 0.15) is 5.56 Å². The number of methoxy groups -OCH3 is 1. The van der Waals surface area contributed by atoms with E-state index in [9.17, 15) is 0 Å². The van der Waals surface area contributed by atoms with Crippen LogP contribution in [0.2, 0.25) is 0 Å². The van der Waals surface area contributed by atoms with E-state index in [0.717, 1.165) is 62.5 Å². The summed E-state index contributed by atoms with van der Waals surface area (Å²) in [5.74, 6) is 3.47. The number of hydrogen-bond donors (Lipinski definition) is 1. The first-order valence-corrected chi connectivity index (χ1v) is 9.78. The number of hydrogen-bond acceptors (Lipinski definition) is 8. The zero-order valence-electron chi connectivity index (χ0n) is 16.5. The lowest BCUT2D eigenvalue weighted by Crippen LogP contribution is -2.47. The van der Waals surface area contributed by atoms with E-state index in [1.54, 1.807) is 25.8 Å². The molecule has 0 bridgehead atoms. The van der Waals surface area contributed by atoms with E-state index in [4.69, 9.17) is 4.74 Å². The molecule has 8 heteroatoms. The fourth-order valence-electron chi connectivity index (χ4n) is 3.44. The van der Waals surface area contributed by atoms with E-state index >= 15 is 0 Å². The second-order valence-electron chi connectivity index (χ2n) is 6.77. The molecule has 0 unspecified atom stereocenters. The zero-order valence-corrected chi connectivity index (χ0v) is 16.5. The summed E-state index contributed by atoms with van der Waals surface area (Å²) < 4.78 is 5.41. The van der Waals surface area contributed by atoms with E-state index in [1.807, 2.05) is 30.3 Å². The van der Waals surface area contributed by atoms with E-state index in [-0.39, 0.29) is 0 Å². The SMILES string of the molecule is COc1ccccc1CCNc1cc(N2CCN(c3ncccn3)CC2)ncn1. The molecule has 0 atom stereocenters. The van der Waals surface area contributed by atoms with E-state index in [1.165, 1.54) is 5.56 Å². The molecule has 1 aliphatic rings. The number of benzene rings is 1. The van der Waals surface area contributed by atoms with E-state index in [0.29, 0.717) is 0 Å². The number of nitrogens with zero attached hydrogens (tertiary/aromatic N) is 6. The van der Waals surface area contributed by atoms with Crippen LogP contribution in [-0.4, -0.2) is 59.8 Å². The van der Waals surface area contributed by atoms with Gasteiger partial charge in [0.05, 0.1) is 7.11 Å². The maximum Gasteiger partial charge on any atom is 0.225 e. The molecule has 150 valence electrons. The fraction of sp³-hybridized carbons (Fsp3) is 0.333. The van der Waals surface area contributed by atoms with Crippen LogP contribution in [0.4, 0.5) is 17.6 Å². The van der Waals surface area contributed by atoms with Crippen molar-refractivity contribution in [2.24, 2.45) is 0 Å². The minimum atomic E-state index is 0.774. The summed E-state index contributed by atoms with van der Waals surface area (Å²) in [6, 6.07) is 11.9. The van der Waals surface area contributed by atoms with Gasteiger partial charge in [0.15, 0.2) is 0 Å². The van der Waals surface area contributed by atoms with Crippen LogP contribution < -0.4 is 19.9 Å². The van der Waals surface area contributed by atoms with Gasteiger partial charge >= 0.3 is 0 Å². The number of piperazine rings is 1. The van der Waals surface area contributed by atoms with Gasteiger partial charge in [0.25, 0.3) is 0 Å². The van der Waals surface area contributed by atoms with Crippen molar-refractivity contribution in [3.05, 3.63) is 60.7 Å². The van der Waals surface area contributed by atoms with Crippen LogP contribution in [0, 0.1) is 0 Å². The molecule has 0 aliphatic carbocycles. The Morgan fingerprint density at radius 2 is 1.69 bits per heavy atom. The number of rotatable bonds is 7. The van der Waals surface area contributed by atoms with Crippen molar-refractivity contribution in [3.63, 3.8) is 0 Å². The summed E-state index contributed by atoms with van der Waals surface area (Å²) in [4.78, 5) is 22.0. The predicted molar refractivity (Wildman–Crippen MR) is 114 cm³/mol. The Labute approximate surface area is 170 Å². The molecule has 0 spiro atoms. The monoisotopic (exact) mass is 391 g/mol. The Morgan fingerprint density at radius 1 is 0.931 bits per heavy atom. The highest BCUT2D eigenvalue weighted by Gasteiger charge is 2.20. The molecule has 1 fully saturated rings. The molecule has 0 amide bonds. The average molecular weight is 391 g/mol. The van der Waals surface area contributed by atoms with Gasteiger partial charge in [0.1, 0.15) is 23.7 Å². The molecule has 8 nitrogen and oxygen atoms in total. The average Bonchev–Trinajstić information content (AvgIpc) is 2.80. The van der Waals surface area contributed by atoms with Gasteiger partial charge in [-0.1, -0.05) is 18.2 Å². The predicted octanol–water partition coefficient (Wildman–Crippen LogP) is 2.26. The lowest BCUT2D eigenvalue weighted by Gasteiger charge is -2.35. The van der Waals surface area contributed by atoms with Gasteiger partial charge in [0.2, 0.25) is 5.95 Å². The first-order chi connectivity index (χ1) is 14.3. The van der Waals surface area contributed by atoms with Gasteiger partial charge in [-0.3, -0.25) is 0 Å². The number of ether oxygens (including phenoxy) is 1. The normalized spacial score (nSPS) is 14.0. The van der Waals surface area contributed by atoms with Gasteiger partial charge in [0, 0.05) is 51.2 Å². The van der Waals surface area contributed by atoms with Crippen molar-refractivity contribution in [1.82, 2.24) is 19.9 Å². The molecule has 1 N–H and O–H groups in total. The van der Waals surface area contributed by atoms with Crippen LogP contribution in [0.25, 0.3) is 0 Å². The van der Waals surface area contributed by atoms with Crippen molar-refractivity contribution in [1.29, 1.82) is 0 Å². The quantitative estimate of drug-likeness (QED) is 0.657. The van der Waals surface area contributed by atoms with E-state index in [2.05, 4.69) is 41.1 Å². The van der Waals surface area contributed by atoms with Crippen molar-refractivity contribution >= 4 is 17.6 Å². The topological polar surface area (TPSA) is 79.3 Å². The molecular formula is C21H25N7O. The summed E-state index contributed by atoms with van der Waals surface area (Å²) in [6.45, 7) is 4.25. The Kier molecular flexibility index (Phi) is 5.99. The number of aromatic nitrogens is 4. The summed E-state index contributed by atoms with van der Waals surface area (Å²) in [5.41, 5.74) is 1.18. The maximum absolute atomic E-state index is 5.41. The van der Waals surface area contributed by atoms with Crippen molar-refractivity contribution in [2.45, 2.75) is 6.42 Å². The highest BCUT2D eigenvalue weighted by molar-refractivity contribution is 5.50. The van der Waals surface area contributed by atoms with E-state index < -0.39 is 0 Å². The number of nitrogens with one attached hydrogen (secondary N) is 1. The zero-order chi connectivity index (χ0) is 19.9. The Morgan fingerprint density at radius 3 is 2.48 bits per heavy atom. The molecule has 1 aliphatic heterocycles. The fourth-order valence-corrected chi connectivity index (χ4v) is 3.44. The largest absolute Gasteiger partial charge is 0.496 e. The number of para-hydroxylation sites is 1. The molecule has 3 aromatic rings. The van der Waals surface area contributed by atoms with Crippen molar-refractivity contribution in [3.8, 4) is 5.75 Å². The molecule has 29 heavy (non-hydrogen) atoms. The van der Waals surface area contributed by atoms with Crippen molar-refractivity contribution < 1.29 is 4.74 Å². The third-order valence-corrected chi connectivity index (χ3v) is 4.98. The third kappa shape index (κ3) is 4.71. The first kappa shape index (κ1) is 18.9. The molecule has 1 aromatic carbocycles.